The van der Waals surface area contributed by atoms with Gasteiger partial charge in [-0.3, -0.25) is 9.89 Å². The number of benzene rings is 1. The molecule has 1 saturated heterocycles. The molecule has 1 aromatic carbocycles. The highest BCUT2D eigenvalue weighted by Gasteiger charge is 2.49. The number of carbonyl (C=O) groups is 1. The molecule has 31 heavy (non-hydrogen) atoms. The maximum Gasteiger partial charge on any atom is 0.226 e. The largest absolute Gasteiger partial charge is 0.508 e. The molecule has 5 rings (SSSR count). The molecule has 9 heteroatoms. The number of hydrogen-bond donors (Lipinski definition) is 3. The van der Waals surface area contributed by atoms with Crippen molar-refractivity contribution in [2.24, 2.45) is 11.7 Å². The van der Waals surface area contributed by atoms with Gasteiger partial charge in [0.1, 0.15) is 17.6 Å². The lowest BCUT2D eigenvalue weighted by molar-refractivity contribution is -0.131. The second-order valence-corrected chi connectivity index (χ2v) is 8.35. The second-order valence-electron chi connectivity index (χ2n) is 8.35. The number of carbonyl (C=O) groups excluding carboxylic acids is 1. The number of phenols is 1. The van der Waals surface area contributed by atoms with Gasteiger partial charge in [0, 0.05) is 47.8 Å². The van der Waals surface area contributed by atoms with Gasteiger partial charge in [-0.05, 0) is 43.4 Å². The van der Waals surface area contributed by atoms with E-state index in [0.717, 1.165) is 18.2 Å². The summed E-state index contributed by atoms with van der Waals surface area (Å²) in [5.74, 6) is -1.26. The molecule has 1 unspecified atom stereocenters. The predicted molar refractivity (Wildman–Crippen MR) is 110 cm³/mol. The number of aryl methyl sites for hydroxylation is 1. The molecule has 3 aromatic rings. The van der Waals surface area contributed by atoms with E-state index in [-0.39, 0.29) is 46.4 Å². The minimum atomic E-state index is -0.684. The van der Waals surface area contributed by atoms with Crippen LogP contribution in [-0.4, -0.2) is 50.2 Å². The summed E-state index contributed by atoms with van der Waals surface area (Å²) in [6.07, 6.45) is 1.40. The van der Waals surface area contributed by atoms with Crippen LogP contribution < -0.4 is 5.73 Å². The highest BCUT2D eigenvalue weighted by molar-refractivity contribution is 5.92. The second kappa shape index (κ2) is 7.03. The van der Waals surface area contributed by atoms with E-state index in [2.05, 4.69) is 21.3 Å². The lowest BCUT2D eigenvalue weighted by atomic mass is 9.94. The molecule has 0 spiro atoms. The number of hydrogen-bond acceptors (Lipinski definition) is 6. The Kier molecular flexibility index (Phi) is 4.41. The first-order chi connectivity index (χ1) is 14.9. The number of nitrogens with one attached hydrogen (secondary N) is 1. The molecule has 3 atom stereocenters. The van der Waals surface area contributed by atoms with Crippen molar-refractivity contribution in [3.63, 3.8) is 0 Å². The first-order valence-corrected chi connectivity index (χ1v) is 10.2. The van der Waals surface area contributed by atoms with E-state index in [9.17, 15) is 19.6 Å². The zero-order chi connectivity index (χ0) is 21.9. The summed E-state index contributed by atoms with van der Waals surface area (Å²) in [5.41, 5.74) is 8.25. The Morgan fingerprint density at radius 3 is 2.94 bits per heavy atom. The molecule has 2 fully saturated rings. The molecule has 1 amide bonds. The van der Waals surface area contributed by atoms with Crippen molar-refractivity contribution >= 4 is 16.9 Å². The fourth-order valence-corrected chi connectivity index (χ4v) is 4.62. The van der Waals surface area contributed by atoms with E-state index in [4.69, 9.17) is 5.73 Å². The minimum absolute atomic E-state index is 0.00337. The number of aromatic nitrogens is 3. The molecule has 4 N–H and O–H groups in total. The number of amides is 1. The molecular weight excluding hydrogens is 399 g/mol. The van der Waals surface area contributed by atoms with Gasteiger partial charge in [-0.25, -0.2) is 9.37 Å². The molecule has 0 radical (unpaired) electrons. The molecule has 3 heterocycles. The van der Waals surface area contributed by atoms with Gasteiger partial charge in [-0.15, -0.1) is 0 Å². The number of fused-ring (bicyclic) bond motifs is 1. The molecule has 158 valence electrons. The maximum absolute atomic E-state index is 14.6. The quantitative estimate of drug-likeness (QED) is 0.596. The fourth-order valence-electron chi connectivity index (χ4n) is 4.62. The molecule has 2 aromatic heterocycles. The van der Waals surface area contributed by atoms with E-state index in [0.29, 0.717) is 36.1 Å². The third kappa shape index (κ3) is 3.11. The van der Waals surface area contributed by atoms with Crippen LogP contribution >= 0.6 is 0 Å². The molecule has 2 aliphatic rings. The van der Waals surface area contributed by atoms with Gasteiger partial charge in [-0.1, -0.05) is 0 Å². The lowest BCUT2D eigenvalue weighted by Crippen LogP contribution is -2.33. The van der Waals surface area contributed by atoms with E-state index in [1.165, 1.54) is 12.1 Å². The lowest BCUT2D eigenvalue weighted by Gasteiger charge is -2.16. The number of H-pyrrole nitrogens is 1. The van der Waals surface area contributed by atoms with Crippen LogP contribution in [0.15, 0.2) is 18.2 Å². The Balaban J connectivity index is 1.63. The van der Waals surface area contributed by atoms with Gasteiger partial charge in [0.05, 0.1) is 11.3 Å². The third-order valence-electron chi connectivity index (χ3n) is 6.26. The molecule has 1 aliphatic heterocycles. The van der Waals surface area contributed by atoms with Crippen LogP contribution in [-0.2, 0) is 4.79 Å². The number of likely N-dealkylation sites (tertiary alicyclic amines) is 1. The Bertz CT molecular complexity index is 1260. The van der Waals surface area contributed by atoms with Gasteiger partial charge in [0.25, 0.3) is 0 Å². The van der Waals surface area contributed by atoms with Crippen LogP contribution in [0.4, 0.5) is 4.39 Å². The predicted octanol–water partition coefficient (Wildman–Crippen LogP) is 2.31. The minimum Gasteiger partial charge on any atom is -0.508 e. The summed E-state index contributed by atoms with van der Waals surface area (Å²) in [6, 6.07) is 5.92. The molecular formula is C22H21FN6O2. The van der Waals surface area contributed by atoms with Gasteiger partial charge in [0.15, 0.2) is 5.65 Å². The topological polar surface area (TPSA) is 132 Å². The Labute approximate surface area is 177 Å². The highest BCUT2D eigenvalue weighted by atomic mass is 19.1. The fraction of sp³-hybridized carbons (Fsp3) is 0.364. The van der Waals surface area contributed by atoms with Crippen molar-refractivity contribution in [3.8, 4) is 23.1 Å². The van der Waals surface area contributed by atoms with Gasteiger partial charge >= 0.3 is 0 Å². The smallest absolute Gasteiger partial charge is 0.226 e. The van der Waals surface area contributed by atoms with Crippen LogP contribution in [0.1, 0.15) is 35.6 Å². The van der Waals surface area contributed by atoms with Crippen molar-refractivity contribution in [2.45, 2.75) is 31.7 Å². The maximum atomic E-state index is 14.6. The summed E-state index contributed by atoms with van der Waals surface area (Å²) < 4.78 is 14.6. The van der Waals surface area contributed by atoms with Crippen molar-refractivity contribution in [1.29, 1.82) is 5.26 Å². The number of rotatable bonds is 3. The average molecular weight is 420 g/mol. The number of aromatic amines is 1. The zero-order valence-corrected chi connectivity index (χ0v) is 16.9. The highest BCUT2D eigenvalue weighted by Crippen LogP contribution is 2.53. The molecule has 0 bridgehead atoms. The number of nitrogens with two attached hydrogens (primary N) is 1. The summed E-state index contributed by atoms with van der Waals surface area (Å²) in [7, 11) is 0. The number of phenolic OH excluding ortho intramolecular Hbond substituents is 1. The molecule has 1 saturated carbocycles. The average Bonchev–Trinajstić information content (AvgIpc) is 3.28. The van der Waals surface area contributed by atoms with Crippen LogP contribution in [0.3, 0.4) is 0 Å². The monoisotopic (exact) mass is 420 g/mol. The van der Waals surface area contributed by atoms with E-state index in [1.54, 1.807) is 4.90 Å². The first kappa shape index (κ1) is 19.5. The van der Waals surface area contributed by atoms with Crippen molar-refractivity contribution in [3.05, 3.63) is 40.8 Å². The third-order valence-corrected chi connectivity index (χ3v) is 6.26. The first-order valence-electron chi connectivity index (χ1n) is 10.2. The summed E-state index contributed by atoms with van der Waals surface area (Å²) in [4.78, 5) is 19.3. The molecule has 1 aliphatic carbocycles. The zero-order valence-electron chi connectivity index (χ0n) is 16.9. The van der Waals surface area contributed by atoms with E-state index >= 15 is 0 Å². The molecule has 8 nitrogen and oxygen atoms in total. The van der Waals surface area contributed by atoms with Gasteiger partial charge in [-0.2, -0.15) is 10.4 Å². The normalized spacial score (nSPS) is 22.6. The Hall–Kier alpha value is -3.51. The van der Waals surface area contributed by atoms with Crippen molar-refractivity contribution in [1.82, 2.24) is 20.1 Å². The summed E-state index contributed by atoms with van der Waals surface area (Å²) >= 11 is 0. The van der Waals surface area contributed by atoms with Gasteiger partial charge < -0.3 is 15.7 Å². The number of nitrogens with zero attached hydrogens (tertiary/aromatic N) is 4. The van der Waals surface area contributed by atoms with Crippen LogP contribution in [0, 0.1) is 30.0 Å². The number of pyridine rings is 1. The Morgan fingerprint density at radius 1 is 1.45 bits per heavy atom. The Morgan fingerprint density at radius 2 is 2.26 bits per heavy atom. The van der Waals surface area contributed by atoms with Crippen LogP contribution in [0.25, 0.3) is 22.3 Å². The number of aromatic hydroxyl groups is 1. The number of halogens is 1. The SMILES string of the molecule is Cc1[nH]nc2nc(-c3ccc(O)cc3F)c(C#N)c(C3C[C@@H]3C(=O)N3CC[C@@H](N)C3)c12. The van der Waals surface area contributed by atoms with Crippen molar-refractivity contribution < 1.29 is 14.3 Å². The van der Waals surface area contributed by atoms with Crippen molar-refractivity contribution in [2.75, 3.05) is 13.1 Å². The van der Waals surface area contributed by atoms with E-state index in [1.807, 2.05) is 6.92 Å². The van der Waals surface area contributed by atoms with E-state index < -0.39 is 5.82 Å². The number of nitriles is 1. The summed E-state index contributed by atoms with van der Waals surface area (Å²) in [5, 5.41) is 27.4. The van der Waals surface area contributed by atoms with Crippen LogP contribution in [0.5, 0.6) is 5.75 Å². The van der Waals surface area contributed by atoms with Gasteiger partial charge in [0.2, 0.25) is 5.91 Å². The van der Waals surface area contributed by atoms with Crippen LogP contribution in [0.2, 0.25) is 0 Å². The summed E-state index contributed by atoms with van der Waals surface area (Å²) in [6.45, 7) is 3.03. The standard InChI is InChI=1S/C22H21FN6O2/c1-10-18-19(14-7-15(14)22(31)29-5-4-11(25)9-29)16(8-24)20(26-21(18)28-27-10)13-3-2-12(30)6-17(13)23/h2-3,6,11,14-15,30H,4-5,7,9,25H2,1H3,(H,26,27,28)/t11-,14?,15+/m1/s1.